The lowest BCUT2D eigenvalue weighted by molar-refractivity contribution is -0.135. The average molecular weight is 422 g/mol. The maximum absolute atomic E-state index is 12.5. The van der Waals surface area contributed by atoms with Crippen molar-refractivity contribution in [1.29, 1.82) is 0 Å². The molecule has 7 nitrogen and oxygen atoms in total. The minimum Gasteiger partial charge on any atom is -0.353 e. The van der Waals surface area contributed by atoms with Crippen LogP contribution in [-0.4, -0.2) is 53.1 Å². The van der Waals surface area contributed by atoms with Gasteiger partial charge in [-0.25, -0.2) is 0 Å². The second kappa shape index (κ2) is 9.45. The number of carbonyl (C=O) groups excluding carboxylic acids is 2. The van der Waals surface area contributed by atoms with Crippen LogP contribution in [0.3, 0.4) is 0 Å². The van der Waals surface area contributed by atoms with Crippen molar-refractivity contribution >= 4 is 23.3 Å². The molecule has 4 rings (SSSR count). The molecular formula is C24H31N5O2. The van der Waals surface area contributed by atoms with Gasteiger partial charge in [-0.2, -0.15) is 5.10 Å². The summed E-state index contributed by atoms with van der Waals surface area (Å²) in [5.41, 5.74) is 2.12. The van der Waals surface area contributed by atoms with E-state index in [4.69, 9.17) is 0 Å². The van der Waals surface area contributed by atoms with Crippen molar-refractivity contribution in [2.75, 3.05) is 36.4 Å². The van der Waals surface area contributed by atoms with Gasteiger partial charge in [-0.3, -0.25) is 9.59 Å². The first-order chi connectivity index (χ1) is 15.0. The molecule has 2 aliphatic rings. The van der Waals surface area contributed by atoms with E-state index in [9.17, 15) is 9.59 Å². The number of likely N-dealkylation sites (tertiary alicyclic amines) is 1. The smallest absolute Gasteiger partial charge is 0.231 e. The third-order valence-electron chi connectivity index (χ3n) is 6.30. The fourth-order valence-corrected chi connectivity index (χ4v) is 4.32. The lowest BCUT2D eigenvalue weighted by atomic mass is 9.89. The van der Waals surface area contributed by atoms with Crippen molar-refractivity contribution in [3.05, 3.63) is 48.2 Å². The molecule has 164 valence electrons. The quantitative estimate of drug-likeness (QED) is 0.776. The molecule has 31 heavy (non-hydrogen) atoms. The fourth-order valence-electron chi connectivity index (χ4n) is 4.32. The number of anilines is 2. The van der Waals surface area contributed by atoms with E-state index in [2.05, 4.69) is 32.5 Å². The predicted molar refractivity (Wildman–Crippen MR) is 121 cm³/mol. The highest BCUT2D eigenvalue weighted by Gasteiger charge is 2.33. The molecule has 0 bridgehead atoms. The van der Waals surface area contributed by atoms with Crippen molar-refractivity contribution in [3.63, 3.8) is 0 Å². The summed E-state index contributed by atoms with van der Waals surface area (Å²) in [6.07, 6.45) is 4.78. The van der Waals surface area contributed by atoms with Crippen LogP contribution in [0.2, 0.25) is 0 Å². The third-order valence-corrected chi connectivity index (χ3v) is 6.30. The van der Waals surface area contributed by atoms with E-state index in [0.29, 0.717) is 19.0 Å². The van der Waals surface area contributed by atoms with E-state index in [1.54, 1.807) is 6.20 Å². The molecule has 2 aromatic rings. The molecule has 0 spiro atoms. The van der Waals surface area contributed by atoms with Crippen LogP contribution in [0.1, 0.15) is 32.3 Å². The summed E-state index contributed by atoms with van der Waals surface area (Å²) in [5, 5.41) is 11.0. The highest BCUT2D eigenvalue weighted by Crippen LogP contribution is 2.25. The van der Waals surface area contributed by atoms with Crippen LogP contribution < -0.4 is 10.2 Å². The van der Waals surface area contributed by atoms with E-state index in [1.807, 2.05) is 43.0 Å². The second-order valence-corrected chi connectivity index (χ2v) is 9.00. The average Bonchev–Trinajstić information content (AvgIpc) is 2.75. The van der Waals surface area contributed by atoms with Crippen molar-refractivity contribution in [3.8, 4) is 0 Å². The molecule has 2 saturated heterocycles. The highest BCUT2D eigenvalue weighted by molar-refractivity contribution is 5.94. The summed E-state index contributed by atoms with van der Waals surface area (Å²) in [5.74, 6) is 1.80. The van der Waals surface area contributed by atoms with Crippen LogP contribution in [0.25, 0.3) is 0 Å². The molecule has 7 heteroatoms. The first-order valence-corrected chi connectivity index (χ1v) is 11.2. The number of hydrogen-bond acceptors (Lipinski definition) is 5. The van der Waals surface area contributed by atoms with Gasteiger partial charge in [0.25, 0.3) is 0 Å². The Morgan fingerprint density at radius 2 is 1.81 bits per heavy atom. The molecule has 0 unspecified atom stereocenters. The number of amides is 2. The molecule has 3 heterocycles. The van der Waals surface area contributed by atoms with Crippen molar-refractivity contribution in [1.82, 2.24) is 15.1 Å². The maximum Gasteiger partial charge on any atom is 0.231 e. The number of rotatable bonds is 6. The lowest BCUT2D eigenvalue weighted by Gasteiger charge is -2.38. The largest absolute Gasteiger partial charge is 0.353 e. The van der Waals surface area contributed by atoms with Gasteiger partial charge in [0, 0.05) is 44.0 Å². The molecule has 0 saturated carbocycles. The Morgan fingerprint density at radius 3 is 2.42 bits per heavy atom. The lowest BCUT2D eigenvalue weighted by Crippen LogP contribution is -2.52. The van der Waals surface area contributed by atoms with Gasteiger partial charge in [-0.15, -0.1) is 5.10 Å². The molecule has 0 aliphatic carbocycles. The molecule has 1 aromatic heterocycles. The van der Waals surface area contributed by atoms with Crippen molar-refractivity contribution < 1.29 is 9.59 Å². The van der Waals surface area contributed by atoms with Gasteiger partial charge in [0.1, 0.15) is 0 Å². The Kier molecular flexibility index (Phi) is 6.49. The standard InChI is InChI=1S/C24H31N5O2/c1-17(2)24(31)28-12-9-19(10-13-28)14-18-5-7-21(8-6-18)26-23(30)20-15-29(16-20)22-4-3-11-25-27-22/h3-8,11,17,19-20H,9-10,12-16H2,1-2H3,(H,26,30). The molecular weight excluding hydrogens is 390 g/mol. The summed E-state index contributed by atoms with van der Waals surface area (Å²) in [4.78, 5) is 28.7. The number of hydrogen-bond donors (Lipinski definition) is 1. The zero-order valence-electron chi connectivity index (χ0n) is 18.3. The zero-order chi connectivity index (χ0) is 21.8. The fraction of sp³-hybridized carbons (Fsp3) is 0.500. The Morgan fingerprint density at radius 1 is 1.10 bits per heavy atom. The van der Waals surface area contributed by atoms with Crippen LogP contribution >= 0.6 is 0 Å². The normalized spacial score (nSPS) is 17.5. The topological polar surface area (TPSA) is 78.4 Å². The Hall–Kier alpha value is -2.96. The molecule has 2 fully saturated rings. The molecule has 1 aromatic carbocycles. The molecule has 0 atom stereocenters. The molecule has 0 radical (unpaired) electrons. The Bertz CT molecular complexity index is 886. The monoisotopic (exact) mass is 421 g/mol. The van der Waals surface area contributed by atoms with Gasteiger partial charge >= 0.3 is 0 Å². The molecule has 2 amide bonds. The predicted octanol–water partition coefficient (Wildman–Crippen LogP) is 2.99. The van der Waals surface area contributed by atoms with Gasteiger partial charge < -0.3 is 15.1 Å². The van der Waals surface area contributed by atoms with Crippen molar-refractivity contribution in [2.45, 2.75) is 33.1 Å². The van der Waals surface area contributed by atoms with Crippen LogP contribution in [0.15, 0.2) is 42.6 Å². The number of nitrogens with zero attached hydrogens (tertiary/aromatic N) is 4. The maximum atomic E-state index is 12.5. The number of aromatic nitrogens is 2. The molecule has 1 N–H and O–H groups in total. The summed E-state index contributed by atoms with van der Waals surface area (Å²) < 4.78 is 0. The summed E-state index contributed by atoms with van der Waals surface area (Å²) >= 11 is 0. The second-order valence-electron chi connectivity index (χ2n) is 9.00. The van der Waals surface area contributed by atoms with E-state index in [1.165, 1.54) is 5.56 Å². The summed E-state index contributed by atoms with van der Waals surface area (Å²) in [6.45, 7) is 6.99. The van der Waals surface area contributed by atoms with E-state index in [-0.39, 0.29) is 23.7 Å². The number of carbonyl (C=O) groups is 2. The van der Waals surface area contributed by atoms with Crippen molar-refractivity contribution in [2.24, 2.45) is 17.8 Å². The van der Waals surface area contributed by atoms with E-state index >= 15 is 0 Å². The Balaban J connectivity index is 1.21. The summed E-state index contributed by atoms with van der Waals surface area (Å²) in [6, 6.07) is 12.0. The number of benzene rings is 1. The van der Waals surface area contributed by atoms with Crippen LogP contribution in [-0.2, 0) is 16.0 Å². The van der Waals surface area contributed by atoms with Crippen LogP contribution in [0, 0.1) is 17.8 Å². The van der Waals surface area contributed by atoms with Gasteiger partial charge in [0.05, 0.1) is 5.92 Å². The first-order valence-electron chi connectivity index (χ1n) is 11.2. The van der Waals surface area contributed by atoms with Gasteiger partial charge in [0.2, 0.25) is 11.8 Å². The van der Waals surface area contributed by atoms with Gasteiger partial charge in [0.15, 0.2) is 5.82 Å². The number of piperidine rings is 1. The van der Waals surface area contributed by atoms with Crippen LogP contribution in [0.5, 0.6) is 0 Å². The van der Waals surface area contributed by atoms with Gasteiger partial charge in [-0.05, 0) is 55.0 Å². The Labute approximate surface area is 183 Å². The highest BCUT2D eigenvalue weighted by atomic mass is 16.2. The SMILES string of the molecule is CC(C)C(=O)N1CCC(Cc2ccc(NC(=O)C3CN(c4cccnn4)C3)cc2)CC1. The minimum absolute atomic E-state index is 0.0274. The first kappa shape index (κ1) is 21.3. The summed E-state index contributed by atoms with van der Waals surface area (Å²) in [7, 11) is 0. The van der Waals surface area contributed by atoms with E-state index in [0.717, 1.165) is 43.9 Å². The third kappa shape index (κ3) is 5.21. The zero-order valence-corrected chi connectivity index (χ0v) is 18.3. The number of nitrogens with one attached hydrogen (secondary N) is 1. The van der Waals surface area contributed by atoms with Gasteiger partial charge in [-0.1, -0.05) is 26.0 Å². The minimum atomic E-state index is -0.0274. The van der Waals surface area contributed by atoms with E-state index < -0.39 is 0 Å². The molecule has 2 aliphatic heterocycles. The van der Waals surface area contributed by atoms with Crippen LogP contribution in [0.4, 0.5) is 11.5 Å².